The van der Waals surface area contributed by atoms with Crippen LogP contribution < -0.4 is 10.6 Å². The summed E-state index contributed by atoms with van der Waals surface area (Å²) >= 11 is 0. The Hall–Kier alpha value is -1.55. The number of unbranched alkanes of at least 4 members (excludes halogenated alkanes) is 2. The van der Waals surface area contributed by atoms with Gasteiger partial charge in [0.1, 0.15) is 0 Å². The van der Waals surface area contributed by atoms with Crippen molar-refractivity contribution in [2.45, 2.75) is 53.4 Å². The van der Waals surface area contributed by atoms with Crippen molar-refractivity contribution in [1.29, 1.82) is 0 Å². The third kappa shape index (κ3) is 7.51. The third-order valence-corrected chi connectivity index (χ3v) is 4.09. The zero-order chi connectivity index (χ0) is 17.1. The van der Waals surface area contributed by atoms with Crippen LogP contribution in [-0.2, 0) is 0 Å². The summed E-state index contributed by atoms with van der Waals surface area (Å²) < 4.78 is 0. The molecule has 2 amide bonds. The molecule has 0 heterocycles. The molecule has 4 heteroatoms. The average Bonchev–Trinajstić information content (AvgIpc) is 2.53. The smallest absolute Gasteiger partial charge is 0.319 e. The molecule has 0 aliphatic heterocycles. The lowest BCUT2D eigenvalue weighted by Gasteiger charge is -2.22. The van der Waals surface area contributed by atoms with Crippen LogP contribution in [0.25, 0.3) is 0 Å². The van der Waals surface area contributed by atoms with Crippen LogP contribution in [0.5, 0.6) is 0 Å². The van der Waals surface area contributed by atoms with Gasteiger partial charge >= 0.3 is 6.03 Å². The lowest BCUT2D eigenvalue weighted by atomic mass is 10.1. The van der Waals surface area contributed by atoms with Crippen LogP contribution in [0, 0.1) is 13.8 Å². The molecule has 0 radical (unpaired) electrons. The highest BCUT2D eigenvalue weighted by molar-refractivity contribution is 5.90. The first-order valence-corrected chi connectivity index (χ1v) is 8.91. The second-order valence-electron chi connectivity index (χ2n) is 6.20. The van der Waals surface area contributed by atoms with E-state index in [1.165, 1.54) is 25.7 Å². The number of carbonyl (C=O) groups excluding carboxylic acids is 1. The van der Waals surface area contributed by atoms with Gasteiger partial charge in [-0.15, -0.1) is 0 Å². The van der Waals surface area contributed by atoms with Crippen LogP contribution in [0.3, 0.4) is 0 Å². The predicted molar refractivity (Wildman–Crippen MR) is 99.2 cm³/mol. The highest BCUT2D eigenvalue weighted by Gasteiger charge is 2.08. The molecule has 0 aliphatic carbocycles. The lowest BCUT2D eigenvalue weighted by molar-refractivity contribution is 0.242. The van der Waals surface area contributed by atoms with Crippen molar-refractivity contribution in [3.63, 3.8) is 0 Å². The van der Waals surface area contributed by atoms with Gasteiger partial charge in [-0.25, -0.2) is 4.79 Å². The molecular formula is C19H33N3O. The number of anilines is 1. The molecule has 0 aromatic heterocycles. The summed E-state index contributed by atoms with van der Waals surface area (Å²) in [5.41, 5.74) is 3.10. The van der Waals surface area contributed by atoms with E-state index in [4.69, 9.17) is 0 Å². The first-order valence-electron chi connectivity index (χ1n) is 8.91. The summed E-state index contributed by atoms with van der Waals surface area (Å²) in [5.74, 6) is 0. The van der Waals surface area contributed by atoms with Gasteiger partial charge in [0.2, 0.25) is 0 Å². The standard InChI is InChI=1S/C19H33N3O/c1-5-7-13-22(14-8-6-2)15-12-20-19(23)21-18-16(3)10-9-11-17(18)4/h9-11H,5-8,12-15H2,1-4H3,(H2,20,21,23). The Bertz CT molecular complexity index is 445. The van der Waals surface area contributed by atoms with E-state index in [1.54, 1.807) is 0 Å². The largest absolute Gasteiger partial charge is 0.337 e. The fourth-order valence-corrected chi connectivity index (χ4v) is 2.60. The van der Waals surface area contributed by atoms with Crippen LogP contribution in [0.15, 0.2) is 18.2 Å². The summed E-state index contributed by atoms with van der Waals surface area (Å²) in [5, 5.41) is 5.95. The number of hydrogen-bond acceptors (Lipinski definition) is 2. The van der Waals surface area contributed by atoms with Gasteiger partial charge in [0, 0.05) is 18.8 Å². The number of urea groups is 1. The molecule has 2 N–H and O–H groups in total. The zero-order valence-electron chi connectivity index (χ0n) is 15.2. The second kappa shape index (κ2) is 11.1. The highest BCUT2D eigenvalue weighted by Crippen LogP contribution is 2.18. The maximum Gasteiger partial charge on any atom is 0.319 e. The van der Waals surface area contributed by atoms with Crippen molar-refractivity contribution in [3.8, 4) is 0 Å². The number of amides is 2. The first-order chi connectivity index (χ1) is 11.1. The summed E-state index contributed by atoms with van der Waals surface area (Å²) in [6, 6.07) is 5.92. The third-order valence-electron chi connectivity index (χ3n) is 4.09. The SMILES string of the molecule is CCCCN(CCCC)CCNC(=O)Nc1c(C)cccc1C. The van der Waals surface area contributed by atoms with E-state index < -0.39 is 0 Å². The normalized spacial score (nSPS) is 10.8. The number of aryl methyl sites for hydroxylation is 2. The van der Waals surface area contributed by atoms with Gasteiger partial charge in [-0.3, -0.25) is 0 Å². The summed E-state index contributed by atoms with van der Waals surface area (Å²) in [6.45, 7) is 12.3. The van der Waals surface area contributed by atoms with Crippen molar-refractivity contribution < 1.29 is 4.79 Å². The summed E-state index contributed by atoms with van der Waals surface area (Å²) in [7, 11) is 0. The van der Waals surface area contributed by atoms with Crippen LogP contribution >= 0.6 is 0 Å². The Balaban J connectivity index is 2.39. The number of hydrogen-bond donors (Lipinski definition) is 2. The van der Waals surface area contributed by atoms with Crippen LogP contribution in [-0.4, -0.2) is 37.1 Å². The minimum absolute atomic E-state index is 0.117. The Labute approximate surface area is 141 Å². The van der Waals surface area contributed by atoms with Gasteiger partial charge < -0.3 is 15.5 Å². The van der Waals surface area contributed by atoms with Gasteiger partial charge in [0.15, 0.2) is 0 Å². The number of nitrogens with one attached hydrogen (secondary N) is 2. The average molecular weight is 319 g/mol. The minimum Gasteiger partial charge on any atom is -0.337 e. The molecule has 0 atom stereocenters. The molecule has 4 nitrogen and oxygen atoms in total. The van der Waals surface area contributed by atoms with Gasteiger partial charge in [0.05, 0.1) is 0 Å². The molecule has 0 fully saturated rings. The lowest BCUT2D eigenvalue weighted by Crippen LogP contribution is -2.38. The number of benzene rings is 1. The Morgan fingerprint density at radius 2 is 1.57 bits per heavy atom. The zero-order valence-corrected chi connectivity index (χ0v) is 15.2. The molecule has 1 rings (SSSR count). The maximum atomic E-state index is 12.1. The molecule has 0 saturated heterocycles. The molecule has 130 valence electrons. The van der Waals surface area contributed by atoms with Crippen molar-refractivity contribution in [2.75, 3.05) is 31.5 Å². The van der Waals surface area contributed by atoms with E-state index in [0.717, 1.165) is 36.4 Å². The predicted octanol–water partition coefficient (Wildman–Crippen LogP) is 4.33. The Kier molecular flexibility index (Phi) is 9.37. The van der Waals surface area contributed by atoms with Crippen molar-refractivity contribution in [3.05, 3.63) is 29.3 Å². The summed E-state index contributed by atoms with van der Waals surface area (Å²) in [4.78, 5) is 14.5. The van der Waals surface area contributed by atoms with Gasteiger partial charge in [-0.2, -0.15) is 0 Å². The van der Waals surface area contributed by atoms with E-state index in [-0.39, 0.29) is 6.03 Å². The quantitative estimate of drug-likeness (QED) is 0.674. The highest BCUT2D eigenvalue weighted by atomic mass is 16.2. The molecular weight excluding hydrogens is 286 g/mol. The first kappa shape index (κ1) is 19.5. The van der Waals surface area contributed by atoms with Gasteiger partial charge in [-0.1, -0.05) is 44.9 Å². The van der Waals surface area contributed by atoms with Crippen molar-refractivity contribution in [1.82, 2.24) is 10.2 Å². The molecule has 0 saturated carbocycles. The van der Waals surface area contributed by atoms with Crippen LogP contribution in [0.1, 0.15) is 50.7 Å². The fraction of sp³-hybridized carbons (Fsp3) is 0.632. The van der Waals surface area contributed by atoms with E-state index in [0.29, 0.717) is 6.54 Å². The number of nitrogens with zero attached hydrogens (tertiary/aromatic N) is 1. The van der Waals surface area contributed by atoms with Crippen LogP contribution in [0.2, 0.25) is 0 Å². The number of rotatable bonds is 10. The van der Waals surface area contributed by atoms with Crippen molar-refractivity contribution >= 4 is 11.7 Å². The van der Waals surface area contributed by atoms with E-state index in [1.807, 2.05) is 32.0 Å². The molecule has 0 spiro atoms. The fourth-order valence-electron chi connectivity index (χ4n) is 2.60. The van der Waals surface area contributed by atoms with Crippen molar-refractivity contribution in [2.24, 2.45) is 0 Å². The molecule has 1 aromatic carbocycles. The monoisotopic (exact) mass is 319 g/mol. The topological polar surface area (TPSA) is 44.4 Å². The molecule has 0 aliphatic rings. The van der Waals surface area contributed by atoms with E-state index >= 15 is 0 Å². The summed E-state index contributed by atoms with van der Waals surface area (Å²) in [6.07, 6.45) is 4.86. The second-order valence-corrected chi connectivity index (χ2v) is 6.20. The molecule has 23 heavy (non-hydrogen) atoms. The molecule has 0 bridgehead atoms. The molecule has 0 unspecified atom stereocenters. The van der Waals surface area contributed by atoms with E-state index in [9.17, 15) is 4.79 Å². The molecule has 1 aromatic rings. The number of carbonyl (C=O) groups is 1. The van der Waals surface area contributed by atoms with Crippen LogP contribution in [0.4, 0.5) is 10.5 Å². The van der Waals surface area contributed by atoms with Gasteiger partial charge in [0.25, 0.3) is 0 Å². The maximum absolute atomic E-state index is 12.1. The van der Waals surface area contributed by atoms with Gasteiger partial charge in [-0.05, 0) is 50.9 Å². The Morgan fingerprint density at radius 3 is 2.09 bits per heavy atom. The minimum atomic E-state index is -0.117. The van der Waals surface area contributed by atoms with E-state index in [2.05, 4.69) is 29.4 Å². The number of para-hydroxylation sites is 1. The Morgan fingerprint density at radius 1 is 1.00 bits per heavy atom.